The first-order chi connectivity index (χ1) is 10.2. The lowest BCUT2D eigenvalue weighted by atomic mass is 10.4. The van der Waals surface area contributed by atoms with E-state index in [0.29, 0.717) is 0 Å². The number of thiophene rings is 1. The maximum atomic E-state index is 4.46. The van der Waals surface area contributed by atoms with Crippen molar-refractivity contribution in [3.8, 4) is 0 Å². The maximum absolute atomic E-state index is 4.46. The van der Waals surface area contributed by atoms with Crippen LogP contribution in [0.1, 0.15) is 22.7 Å². The molecule has 0 saturated carbocycles. The summed E-state index contributed by atoms with van der Waals surface area (Å²) < 4.78 is 2.05. The molecule has 114 valence electrons. The van der Waals surface area contributed by atoms with Crippen molar-refractivity contribution >= 4 is 17.3 Å². The van der Waals surface area contributed by atoms with Crippen molar-refractivity contribution in [3.05, 3.63) is 39.8 Å². The van der Waals surface area contributed by atoms with Crippen LogP contribution in [0.25, 0.3) is 0 Å². The van der Waals surface area contributed by atoms with Crippen LogP contribution in [0.2, 0.25) is 0 Å². The number of nitrogens with one attached hydrogen (secondary N) is 2. The molecule has 5 nitrogen and oxygen atoms in total. The van der Waals surface area contributed by atoms with Crippen LogP contribution in [-0.4, -0.2) is 29.3 Å². The molecule has 0 atom stereocenters. The van der Waals surface area contributed by atoms with E-state index >= 15 is 0 Å². The average molecular weight is 305 g/mol. The zero-order valence-corrected chi connectivity index (χ0v) is 13.7. The third-order valence-corrected chi connectivity index (χ3v) is 4.05. The van der Waals surface area contributed by atoms with Crippen LogP contribution >= 0.6 is 11.3 Å². The van der Waals surface area contributed by atoms with Crippen molar-refractivity contribution in [1.82, 2.24) is 20.4 Å². The second-order valence-electron chi connectivity index (χ2n) is 4.94. The van der Waals surface area contributed by atoms with Gasteiger partial charge in [0.15, 0.2) is 5.96 Å². The van der Waals surface area contributed by atoms with E-state index < -0.39 is 0 Å². The van der Waals surface area contributed by atoms with Crippen molar-refractivity contribution < 1.29 is 0 Å². The van der Waals surface area contributed by atoms with Crippen LogP contribution in [0.15, 0.2) is 28.6 Å². The summed E-state index contributed by atoms with van der Waals surface area (Å²) in [6, 6.07) is 6.29. The minimum absolute atomic E-state index is 0.814. The first-order valence-corrected chi connectivity index (χ1v) is 8.05. The smallest absolute Gasteiger partial charge is 0.191 e. The Kier molecular flexibility index (Phi) is 5.80. The molecule has 0 aliphatic rings. The van der Waals surface area contributed by atoms with E-state index in [1.165, 1.54) is 10.6 Å². The number of aromatic nitrogens is 2. The summed E-state index contributed by atoms with van der Waals surface area (Å²) in [5, 5.41) is 13.2. The number of hydrogen-bond acceptors (Lipinski definition) is 3. The Morgan fingerprint density at radius 1 is 1.38 bits per heavy atom. The highest BCUT2D eigenvalue weighted by molar-refractivity contribution is 7.09. The lowest BCUT2D eigenvalue weighted by Gasteiger charge is -2.11. The van der Waals surface area contributed by atoms with E-state index in [9.17, 15) is 0 Å². The molecule has 0 spiro atoms. The lowest BCUT2D eigenvalue weighted by Crippen LogP contribution is -2.37. The lowest BCUT2D eigenvalue weighted by molar-refractivity contribution is 0.555. The highest BCUT2D eigenvalue weighted by Gasteiger charge is 2.01. The standard InChI is InChI=1S/C15H23N5S/c1-12-10-13(2)20(19-12)8-5-7-17-15(16-3)18-11-14-6-4-9-21-14/h4,6,9-10H,5,7-8,11H2,1-3H3,(H2,16,17,18). The third-order valence-electron chi connectivity index (χ3n) is 3.18. The molecular formula is C15H23N5S. The number of aliphatic imine (C=N–C) groups is 1. The Morgan fingerprint density at radius 2 is 2.24 bits per heavy atom. The summed E-state index contributed by atoms with van der Waals surface area (Å²) in [5.41, 5.74) is 2.29. The molecule has 0 aromatic carbocycles. The first kappa shape index (κ1) is 15.6. The second kappa shape index (κ2) is 7.83. The zero-order valence-electron chi connectivity index (χ0n) is 12.9. The zero-order chi connectivity index (χ0) is 15.1. The van der Waals surface area contributed by atoms with Crippen LogP contribution in [0, 0.1) is 13.8 Å². The molecule has 0 aliphatic carbocycles. The molecule has 0 bridgehead atoms. The van der Waals surface area contributed by atoms with Crippen LogP contribution in [0.5, 0.6) is 0 Å². The van der Waals surface area contributed by atoms with Gasteiger partial charge in [0.1, 0.15) is 0 Å². The van der Waals surface area contributed by atoms with E-state index in [1.54, 1.807) is 18.4 Å². The summed E-state index contributed by atoms with van der Waals surface area (Å²) in [5.74, 6) is 0.844. The fraction of sp³-hybridized carbons (Fsp3) is 0.467. The number of guanidine groups is 1. The average Bonchev–Trinajstić information content (AvgIpc) is 3.08. The number of nitrogens with zero attached hydrogens (tertiary/aromatic N) is 3. The molecular weight excluding hydrogens is 282 g/mol. The normalized spacial score (nSPS) is 11.7. The van der Waals surface area contributed by atoms with Gasteiger partial charge in [-0.1, -0.05) is 6.07 Å². The van der Waals surface area contributed by atoms with Gasteiger partial charge in [-0.25, -0.2) is 0 Å². The van der Waals surface area contributed by atoms with Gasteiger partial charge in [-0.2, -0.15) is 5.10 Å². The van der Waals surface area contributed by atoms with Crippen molar-refractivity contribution in [3.63, 3.8) is 0 Å². The van der Waals surface area contributed by atoms with Crippen molar-refractivity contribution in [1.29, 1.82) is 0 Å². The quantitative estimate of drug-likeness (QED) is 0.489. The monoisotopic (exact) mass is 305 g/mol. The molecule has 0 aliphatic heterocycles. The van der Waals surface area contributed by atoms with Gasteiger partial charge in [0.2, 0.25) is 0 Å². The van der Waals surface area contributed by atoms with E-state index in [2.05, 4.69) is 55.9 Å². The summed E-state index contributed by atoms with van der Waals surface area (Å²) in [7, 11) is 1.80. The summed E-state index contributed by atoms with van der Waals surface area (Å²) in [6.07, 6.45) is 1.02. The molecule has 21 heavy (non-hydrogen) atoms. The van der Waals surface area contributed by atoms with Crippen LogP contribution in [0.4, 0.5) is 0 Å². The molecule has 0 radical (unpaired) electrons. The Hall–Kier alpha value is -1.82. The van der Waals surface area contributed by atoms with Gasteiger partial charge in [-0.3, -0.25) is 9.67 Å². The fourth-order valence-corrected chi connectivity index (χ4v) is 2.79. The third kappa shape index (κ3) is 4.90. The molecule has 2 aromatic heterocycles. The SMILES string of the molecule is CN=C(NCCCn1nc(C)cc1C)NCc1cccs1. The molecule has 2 aromatic rings. The predicted molar refractivity (Wildman–Crippen MR) is 88.8 cm³/mol. The van der Waals surface area contributed by atoms with Gasteiger partial charge in [-0.15, -0.1) is 11.3 Å². The van der Waals surface area contributed by atoms with Crippen LogP contribution in [0.3, 0.4) is 0 Å². The maximum Gasteiger partial charge on any atom is 0.191 e. The van der Waals surface area contributed by atoms with Crippen LogP contribution < -0.4 is 10.6 Å². The van der Waals surface area contributed by atoms with Crippen molar-refractivity contribution in [2.75, 3.05) is 13.6 Å². The first-order valence-electron chi connectivity index (χ1n) is 7.17. The van der Waals surface area contributed by atoms with Crippen molar-refractivity contribution in [2.24, 2.45) is 4.99 Å². The predicted octanol–water partition coefficient (Wildman–Crippen LogP) is 2.32. The highest BCUT2D eigenvalue weighted by atomic mass is 32.1. The number of hydrogen-bond donors (Lipinski definition) is 2. The van der Waals surface area contributed by atoms with Gasteiger partial charge in [0.25, 0.3) is 0 Å². The van der Waals surface area contributed by atoms with Gasteiger partial charge in [-0.05, 0) is 37.8 Å². The van der Waals surface area contributed by atoms with Gasteiger partial charge >= 0.3 is 0 Å². The number of rotatable bonds is 6. The molecule has 2 N–H and O–H groups in total. The van der Waals surface area contributed by atoms with Crippen molar-refractivity contribution in [2.45, 2.75) is 33.4 Å². The van der Waals surface area contributed by atoms with E-state index in [1.807, 2.05) is 6.92 Å². The molecule has 6 heteroatoms. The Bertz CT molecular complexity index is 571. The Balaban J connectivity index is 1.68. The summed E-state index contributed by atoms with van der Waals surface area (Å²) in [6.45, 7) is 6.74. The topological polar surface area (TPSA) is 54.2 Å². The molecule has 0 amide bonds. The van der Waals surface area contributed by atoms with Gasteiger partial charge in [0.05, 0.1) is 12.2 Å². The summed E-state index contributed by atoms with van der Waals surface area (Å²) in [4.78, 5) is 5.54. The molecule has 0 unspecified atom stereocenters. The minimum atomic E-state index is 0.814. The summed E-state index contributed by atoms with van der Waals surface area (Å²) >= 11 is 1.75. The molecule has 0 fully saturated rings. The highest BCUT2D eigenvalue weighted by Crippen LogP contribution is 2.07. The van der Waals surface area contributed by atoms with E-state index in [0.717, 1.165) is 37.7 Å². The number of aryl methyl sites for hydroxylation is 3. The van der Waals surface area contributed by atoms with Gasteiger partial charge in [0, 0.05) is 30.7 Å². The second-order valence-corrected chi connectivity index (χ2v) is 5.97. The molecule has 0 saturated heterocycles. The fourth-order valence-electron chi connectivity index (χ4n) is 2.14. The minimum Gasteiger partial charge on any atom is -0.356 e. The molecule has 2 rings (SSSR count). The Morgan fingerprint density at radius 3 is 2.86 bits per heavy atom. The van der Waals surface area contributed by atoms with Crippen LogP contribution in [-0.2, 0) is 13.1 Å². The van der Waals surface area contributed by atoms with E-state index in [-0.39, 0.29) is 0 Å². The van der Waals surface area contributed by atoms with Gasteiger partial charge < -0.3 is 10.6 Å². The van der Waals surface area contributed by atoms with E-state index in [4.69, 9.17) is 0 Å². The Labute approximate surface area is 130 Å². The molecule has 2 heterocycles. The largest absolute Gasteiger partial charge is 0.356 e.